The lowest BCUT2D eigenvalue weighted by Gasteiger charge is -2.14. The minimum Gasteiger partial charge on any atom is -0.387 e. The van der Waals surface area contributed by atoms with E-state index in [0.717, 1.165) is 0 Å². The van der Waals surface area contributed by atoms with Gasteiger partial charge in [0.25, 0.3) is 0 Å². The highest BCUT2D eigenvalue weighted by molar-refractivity contribution is 9.10. The van der Waals surface area contributed by atoms with Crippen molar-refractivity contribution < 1.29 is 27.8 Å². The SMILES string of the molecule is COCCn1ncc(Br)c1C(O)CCOCC(F)(F)F. The van der Waals surface area contributed by atoms with Crippen LogP contribution >= 0.6 is 15.9 Å². The Labute approximate surface area is 122 Å². The molecular formula is C11H16BrF3N2O3. The molecule has 0 aliphatic heterocycles. The van der Waals surface area contributed by atoms with E-state index in [-0.39, 0.29) is 13.0 Å². The highest BCUT2D eigenvalue weighted by atomic mass is 79.9. The first-order valence-corrected chi connectivity index (χ1v) is 6.67. The maximum Gasteiger partial charge on any atom is 0.411 e. The van der Waals surface area contributed by atoms with Gasteiger partial charge >= 0.3 is 6.18 Å². The van der Waals surface area contributed by atoms with Crippen LogP contribution in [0.5, 0.6) is 0 Å². The molecular weight excluding hydrogens is 345 g/mol. The second kappa shape index (κ2) is 7.96. The molecule has 0 saturated carbocycles. The third-order valence-corrected chi connectivity index (χ3v) is 3.07. The van der Waals surface area contributed by atoms with Gasteiger partial charge in [-0.2, -0.15) is 18.3 Å². The van der Waals surface area contributed by atoms with Crippen LogP contribution in [0.1, 0.15) is 18.2 Å². The second-order valence-electron chi connectivity index (χ2n) is 4.07. The van der Waals surface area contributed by atoms with Crippen molar-refractivity contribution in [3.8, 4) is 0 Å². The molecule has 0 aromatic carbocycles. The highest BCUT2D eigenvalue weighted by Gasteiger charge is 2.27. The summed E-state index contributed by atoms with van der Waals surface area (Å²) in [7, 11) is 1.54. The van der Waals surface area contributed by atoms with Gasteiger partial charge in [0.1, 0.15) is 6.61 Å². The largest absolute Gasteiger partial charge is 0.411 e. The molecule has 1 unspecified atom stereocenters. The molecule has 1 aromatic rings. The van der Waals surface area contributed by atoms with E-state index in [1.165, 1.54) is 6.20 Å². The molecule has 0 fully saturated rings. The average Bonchev–Trinajstić information content (AvgIpc) is 2.72. The number of rotatable bonds is 8. The molecule has 0 radical (unpaired) electrons. The number of aliphatic hydroxyl groups is 1. The summed E-state index contributed by atoms with van der Waals surface area (Å²) in [6.45, 7) is -0.650. The second-order valence-corrected chi connectivity index (χ2v) is 4.92. The molecule has 0 amide bonds. The number of aliphatic hydroxyl groups excluding tert-OH is 1. The summed E-state index contributed by atoms with van der Waals surface area (Å²) >= 11 is 3.25. The van der Waals surface area contributed by atoms with Gasteiger partial charge in [0.15, 0.2) is 0 Å². The van der Waals surface area contributed by atoms with Crippen LogP contribution in [0.2, 0.25) is 0 Å². The first-order chi connectivity index (χ1) is 9.35. The van der Waals surface area contributed by atoms with E-state index in [1.54, 1.807) is 11.8 Å². The fraction of sp³-hybridized carbons (Fsp3) is 0.727. The van der Waals surface area contributed by atoms with Gasteiger partial charge in [0, 0.05) is 20.1 Å². The van der Waals surface area contributed by atoms with Crippen molar-refractivity contribution in [2.24, 2.45) is 0 Å². The molecule has 0 bridgehead atoms. The van der Waals surface area contributed by atoms with Crippen LogP contribution < -0.4 is 0 Å². The molecule has 0 aliphatic carbocycles. The molecule has 20 heavy (non-hydrogen) atoms. The molecule has 9 heteroatoms. The van der Waals surface area contributed by atoms with Crippen LogP contribution in [0.4, 0.5) is 13.2 Å². The number of alkyl halides is 3. The third kappa shape index (κ3) is 5.78. The van der Waals surface area contributed by atoms with E-state index >= 15 is 0 Å². The fourth-order valence-corrected chi connectivity index (χ4v) is 2.14. The van der Waals surface area contributed by atoms with Crippen LogP contribution in [0.25, 0.3) is 0 Å². The maximum absolute atomic E-state index is 11.9. The molecule has 1 N–H and O–H groups in total. The van der Waals surface area contributed by atoms with Crippen LogP contribution in [0, 0.1) is 0 Å². The Hall–Kier alpha value is -0.640. The summed E-state index contributed by atoms with van der Waals surface area (Å²) < 4.78 is 47.2. The van der Waals surface area contributed by atoms with Crippen molar-refractivity contribution in [2.45, 2.75) is 25.2 Å². The van der Waals surface area contributed by atoms with Gasteiger partial charge < -0.3 is 14.6 Å². The fourth-order valence-electron chi connectivity index (χ4n) is 1.58. The van der Waals surface area contributed by atoms with E-state index < -0.39 is 18.9 Å². The quantitative estimate of drug-likeness (QED) is 0.722. The molecule has 0 aliphatic rings. The zero-order chi connectivity index (χ0) is 15.2. The van der Waals surface area contributed by atoms with Gasteiger partial charge in [-0.1, -0.05) is 0 Å². The van der Waals surface area contributed by atoms with Crippen LogP contribution in [-0.4, -0.2) is 48.0 Å². The average molecular weight is 361 g/mol. The number of halogens is 4. The lowest BCUT2D eigenvalue weighted by molar-refractivity contribution is -0.175. The lowest BCUT2D eigenvalue weighted by Crippen LogP contribution is -2.19. The summed E-state index contributed by atoms with van der Waals surface area (Å²) in [6.07, 6.45) is -3.75. The Morgan fingerprint density at radius 1 is 1.45 bits per heavy atom. The monoisotopic (exact) mass is 360 g/mol. The van der Waals surface area contributed by atoms with Gasteiger partial charge in [-0.3, -0.25) is 4.68 Å². The van der Waals surface area contributed by atoms with Crippen molar-refractivity contribution in [2.75, 3.05) is 26.9 Å². The van der Waals surface area contributed by atoms with Gasteiger partial charge in [0.2, 0.25) is 0 Å². The highest BCUT2D eigenvalue weighted by Crippen LogP contribution is 2.25. The summed E-state index contributed by atoms with van der Waals surface area (Å²) in [5.74, 6) is 0. The number of hydrogen-bond acceptors (Lipinski definition) is 4. The van der Waals surface area contributed by atoms with E-state index in [0.29, 0.717) is 23.3 Å². The van der Waals surface area contributed by atoms with Gasteiger partial charge in [0.05, 0.1) is 35.6 Å². The topological polar surface area (TPSA) is 56.5 Å². The van der Waals surface area contributed by atoms with Crippen LogP contribution in [-0.2, 0) is 16.0 Å². The predicted molar refractivity (Wildman–Crippen MR) is 68.3 cm³/mol. The Morgan fingerprint density at radius 2 is 2.15 bits per heavy atom. The lowest BCUT2D eigenvalue weighted by atomic mass is 10.2. The molecule has 1 aromatic heterocycles. The number of ether oxygens (including phenoxy) is 2. The molecule has 116 valence electrons. The zero-order valence-corrected chi connectivity index (χ0v) is 12.4. The van der Waals surface area contributed by atoms with E-state index in [9.17, 15) is 18.3 Å². The first-order valence-electron chi connectivity index (χ1n) is 5.88. The van der Waals surface area contributed by atoms with Crippen LogP contribution in [0.15, 0.2) is 10.7 Å². The smallest absolute Gasteiger partial charge is 0.387 e. The number of hydrogen-bond donors (Lipinski definition) is 1. The Kier molecular flexibility index (Phi) is 6.93. The van der Waals surface area contributed by atoms with Crippen molar-refractivity contribution in [1.82, 2.24) is 9.78 Å². The van der Waals surface area contributed by atoms with Crippen molar-refractivity contribution >= 4 is 15.9 Å². The summed E-state index contributed by atoms with van der Waals surface area (Å²) in [6, 6.07) is 0. The van der Waals surface area contributed by atoms with Gasteiger partial charge in [-0.25, -0.2) is 0 Å². The standard InChI is InChI=1S/C11H16BrF3N2O3/c1-19-5-3-17-10(8(12)6-16-17)9(18)2-4-20-7-11(13,14)15/h6,9,18H,2-5,7H2,1H3. The number of methoxy groups -OCH3 is 1. The molecule has 0 spiro atoms. The van der Waals surface area contributed by atoms with Gasteiger partial charge in [-0.05, 0) is 15.9 Å². The summed E-state index contributed by atoms with van der Waals surface area (Å²) in [5.41, 5.74) is 0.498. The van der Waals surface area contributed by atoms with Crippen molar-refractivity contribution in [3.05, 3.63) is 16.4 Å². The number of aromatic nitrogens is 2. The molecule has 1 heterocycles. The summed E-state index contributed by atoms with van der Waals surface area (Å²) in [4.78, 5) is 0. The Bertz CT molecular complexity index is 412. The predicted octanol–water partition coefficient (Wildman–Crippen LogP) is 2.29. The Balaban J connectivity index is 2.50. The van der Waals surface area contributed by atoms with E-state index in [1.807, 2.05) is 0 Å². The normalized spacial score (nSPS) is 13.7. The minimum absolute atomic E-state index is 0.0490. The first kappa shape index (κ1) is 17.4. The minimum atomic E-state index is -4.36. The molecule has 1 rings (SSSR count). The summed E-state index contributed by atoms with van der Waals surface area (Å²) in [5, 5.41) is 14.1. The molecule has 1 atom stereocenters. The zero-order valence-electron chi connectivity index (χ0n) is 10.9. The molecule has 0 saturated heterocycles. The number of nitrogens with zero attached hydrogens (tertiary/aromatic N) is 2. The van der Waals surface area contributed by atoms with E-state index in [4.69, 9.17) is 4.74 Å². The van der Waals surface area contributed by atoms with Crippen LogP contribution in [0.3, 0.4) is 0 Å². The third-order valence-electron chi connectivity index (χ3n) is 2.46. The van der Waals surface area contributed by atoms with Crippen molar-refractivity contribution in [3.63, 3.8) is 0 Å². The van der Waals surface area contributed by atoms with Crippen molar-refractivity contribution in [1.29, 1.82) is 0 Å². The van der Waals surface area contributed by atoms with E-state index in [2.05, 4.69) is 25.8 Å². The van der Waals surface area contributed by atoms with Gasteiger partial charge in [-0.15, -0.1) is 0 Å². The maximum atomic E-state index is 11.9. The Morgan fingerprint density at radius 3 is 2.75 bits per heavy atom. The molecule has 5 nitrogen and oxygen atoms in total.